The van der Waals surface area contributed by atoms with Gasteiger partial charge < -0.3 is 4.74 Å². The van der Waals surface area contributed by atoms with Crippen molar-refractivity contribution in [3.8, 4) is 0 Å². The molecule has 2 aromatic rings. The van der Waals surface area contributed by atoms with E-state index in [4.69, 9.17) is 4.74 Å². The normalized spacial score (nSPS) is 11.3. The molecule has 27 heavy (non-hydrogen) atoms. The van der Waals surface area contributed by atoms with Gasteiger partial charge in [0.15, 0.2) is 6.61 Å². The summed E-state index contributed by atoms with van der Waals surface area (Å²) >= 11 is 0. The molecule has 144 valence electrons. The maximum atomic E-state index is 12.4. The Morgan fingerprint density at radius 3 is 2.19 bits per heavy atom. The predicted molar refractivity (Wildman–Crippen MR) is 102 cm³/mol. The maximum absolute atomic E-state index is 12.4. The van der Waals surface area contributed by atoms with Crippen molar-refractivity contribution in [2.24, 2.45) is 0 Å². The van der Waals surface area contributed by atoms with Crippen LogP contribution in [0.4, 0.5) is 0 Å². The molecule has 1 N–H and O–H groups in total. The fourth-order valence-electron chi connectivity index (χ4n) is 2.54. The Bertz CT molecular complexity index is 980. The van der Waals surface area contributed by atoms with Crippen LogP contribution in [-0.4, -0.2) is 33.3 Å². The predicted octanol–water partition coefficient (Wildman–Crippen LogP) is 2.62. The molecule has 0 aliphatic heterocycles. The van der Waals surface area contributed by atoms with E-state index in [1.54, 1.807) is 32.9 Å². The van der Waals surface area contributed by atoms with Gasteiger partial charge in [0.25, 0.3) is 0 Å². The number of aryl methyl sites for hydroxylation is 4. The van der Waals surface area contributed by atoms with Crippen LogP contribution in [0.25, 0.3) is 0 Å². The molecule has 7 heteroatoms. The number of Topliss-reactive ketones (excluding diaryl/α,β-unsaturated/α-hetero) is 1. The average Bonchev–Trinajstić information content (AvgIpc) is 2.62. The minimum Gasteiger partial charge on any atom is -0.456 e. The molecule has 0 bridgehead atoms. The average molecular weight is 389 g/mol. The van der Waals surface area contributed by atoms with Gasteiger partial charge in [0.2, 0.25) is 15.8 Å². The van der Waals surface area contributed by atoms with Crippen molar-refractivity contribution in [3.63, 3.8) is 0 Å². The quantitative estimate of drug-likeness (QED) is 0.581. The largest absolute Gasteiger partial charge is 0.456 e. The number of carbonyl (C=O) groups is 2. The Labute approximate surface area is 159 Å². The zero-order valence-corrected chi connectivity index (χ0v) is 16.6. The fraction of sp³-hybridized carbons (Fsp3) is 0.300. The zero-order chi connectivity index (χ0) is 20.2. The molecular weight excluding hydrogens is 366 g/mol. The van der Waals surface area contributed by atoms with E-state index in [-0.39, 0.29) is 10.7 Å². The molecule has 0 aliphatic carbocycles. The van der Waals surface area contributed by atoms with E-state index in [9.17, 15) is 18.0 Å². The minimum absolute atomic E-state index is 0.113. The number of benzene rings is 2. The van der Waals surface area contributed by atoms with Gasteiger partial charge in [0, 0.05) is 5.56 Å². The molecule has 0 radical (unpaired) electrons. The van der Waals surface area contributed by atoms with Crippen LogP contribution in [0.3, 0.4) is 0 Å². The summed E-state index contributed by atoms with van der Waals surface area (Å²) in [5.41, 5.74) is 3.57. The number of nitrogens with one attached hydrogen (secondary N) is 1. The van der Waals surface area contributed by atoms with Crippen LogP contribution < -0.4 is 4.72 Å². The number of carbonyl (C=O) groups excluding carboxylic acids is 2. The van der Waals surface area contributed by atoms with Gasteiger partial charge in [-0.2, -0.15) is 4.72 Å². The SMILES string of the molecule is Cc1ccc(C)c(C(=O)COC(=O)CNS(=O)(=O)c2cc(C)ccc2C)c1. The Morgan fingerprint density at radius 1 is 0.926 bits per heavy atom. The van der Waals surface area contributed by atoms with Gasteiger partial charge in [-0.15, -0.1) is 0 Å². The standard InChI is InChI=1S/C20H23NO5S/c1-13-5-7-15(3)17(9-13)18(22)12-26-20(23)11-21-27(24,25)19-10-14(2)6-8-16(19)4/h5-10,21H,11-12H2,1-4H3. The van der Waals surface area contributed by atoms with E-state index in [2.05, 4.69) is 4.72 Å². The highest BCUT2D eigenvalue weighted by Crippen LogP contribution is 2.16. The van der Waals surface area contributed by atoms with Gasteiger partial charge in [0.05, 0.1) is 4.90 Å². The number of sulfonamides is 1. The van der Waals surface area contributed by atoms with Crippen LogP contribution in [0.5, 0.6) is 0 Å². The molecule has 0 heterocycles. The number of esters is 1. The first-order valence-corrected chi connectivity index (χ1v) is 9.91. The van der Waals surface area contributed by atoms with Crippen LogP contribution in [0.2, 0.25) is 0 Å². The summed E-state index contributed by atoms with van der Waals surface area (Å²) in [7, 11) is -3.85. The van der Waals surface area contributed by atoms with Crippen molar-refractivity contribution in [1.82, 2.24) is 4.72 Å². The van der Waals surface area contributed by atoms with Gasteiger partial charge in [-0.25, -0.2) is 8.42 Å². The molecule has 0 saturated carbocycles. The lowest BCUT2D eigenvalue weighted by Gasteiger charge is -2.10. The van der Waals surface area contributed by atoms with E-state index < -0.39 is 29.1 Å². The van der Waals surface area contributed by atoms with E-state index in [0.717, 1.165) is 16.7 Å². The monoisotopic (exact) mass is 389 g/mol. The lowest BCUT2D eigenvalue weighted by molar-refractivity contribution is -0.141. The van der Waals surface area contributed by atoms with Crippen LogP contribution in [-0.2, 0) is 19.6 Å². The first-order valence-electron chi connectivity index (χ1n) is 8.43. The van der Waals surface area contributed by atoms with Crippen LogP contribution in [0.15, 0.2) is 41.3 Å². The molecular formula is C20H23NO5S. The lowest BCUT2D eigenvalue weighted by Crippen LogP contribution is -2.32. The van der Waals surface area contributed by atoms with Gasteiger partial charge in [-0.05, 0) is 56.5 Å². The molecule has 0 saturated heterocycles. The van der Waals surface area contributed by atoms with Crippen molar-refractivity contribution in [2.75, 3.05) is 13.2 Å². The zero-order valence-electron chi connectivity index (χ0n) is 15.8. The van der Waals surface area contributed by atoms with Gasteiger partial charge in [0.1, 0.15) is 6.54 Å². The molecule has 0 amide bonds. The fourth-order valence-corrected chi connectivity index (χ4v) is 3.84. The second-order valence-corrected chi connectivity index (χ2v) is 8.23. The topological polar surface area (TPSA) is 89.5 Å². The number of rotatable bonds is 7. The van der Waals surface area contributed by atoms with Crippen molar-refractivity contribution >= 4 is 21.8 Å². The summed E-state index contributed by atoms with van der Waals surface area (Å²) in [6, 6.07) is 10.5. The van der Waals surface area contributed by atoms with Crippen molar-refractivity contribution in [2.45, 2.75) is 32.6 Å². The van der Waals surface area contributed by atoms with Crippen molar-refractivity contribution in [3.05, 3.63) is 64.2 Å². The van der Waals surface area contributed by atoms with Crippen molar-refractivity contribution < 1.29 is 22.7 Å². The second-order valence-electron chi connectivity index (χ2n) is 6.50. The number of hydrogen-bond donors (Lipinski definition) is 1. The van der Waals surface area contributed by atoms with Gasteiger partial charge in [-0.1, -0.05) is 29.8 Å². The summed E-state index contributed by atoms with van der Waals surface area (Å²) in [6.45, 7) is 6.14. The molecule has 2 aromatic carbocycles. The highest BCUT2D eigenvalue weighted by Gasteiger charge is 2.19. The van der Waals surface area contributed by atoms with Crippen LogP contribution >= 0.6 is 0 Å². The molecule has 0 atom stereocenters. The summed E-state index contributed by atoms with van der Waals surface area (Å²) < 4.78 is 31.9. The van der Waals surface area contributed by atoms with E-state index in [1.165, 1.54) is 6.07 Å². The Hall–Kier alpha value is -2.51. The number of ketones is 1. The molecule has 6 nitrogen and oxygen atoms in total. The smallest absolute Gasteiger partial charge is 0.321 e. The Balaban J connectivity index is 1.95. The first-order chi connectivity index (χ1) is 12.6. The third-order valence-electron chi connectivity index (χ3n) is 4.10. The minimum atomic E-state index is -3.85. The van der Waals surface area contributed by atoms with Crippen molar-refractivity contribution in [1.29, 1.82) is 0 Å². The number of ether oxygens (including phenoxy) is 1. The third kappa shape index (κ3) is 5.48. The maximum Gasteiger partial charge on any atom is 0.321 e. The van der Waals surface area contributed by atoms with Crippen LogP contribution in [0, 0.1) is 27.7 Å². The summed E-state index contributed by atoms with van der Waals surface area (Å²) in [5.74, 6) is -1.15. The summed E-state index contributed by atoms with van der Waals surface area (Å²) in [5, 5.41) is 0. The van der Waals surface area contributed by atoms with E-state index in [1.807, 2.05) is 25.1 Å². The second kappa shape index (κ2) is 8.45. The summed E-state index contributed by atoms with van der Waals surface area (Å²) in [4.78, 5) is 24.2. The molecule has 0 spiro atoms. The van der Waals surface area contributed by atoms with Gasteiger partial charge in [-0.3, -0.25) is 9.59 Å². The molecule has 0 fully saturated rings. The van der Waals surface area contributed by atoms with E-state index in [0.29, 0.717) is 11.1 Å². The molecule has 0 unspecified atom stereocenters. The molecule has 2 rings (SSSR count). The Kier molecular flexibility index (Phi) is 6.51. The molecule has 0 aromatic heterocycles. The highest BCUT2D eigenvalue weighted by molar-refractivity contribution is 7.89. The summed E-state index contributed by atoms with van der Waals surface area (Å²) in [6.07, 6.45) is 0. The van der Waals surface area contributed by atoms with E-state index >= 15 is 0 Å². The number of hydrogen-bond acceptors (Lipinski definition) is 5. The van der Waals surface area contributed by atoms with Gasteiger partial charge >= 0.3 is 5.97 Å². The first kappa shape index (κ1) is 20.8. The third-order valence-corrected chi connectivity index (χ3v) is 5.64. The highest BCUT2D eigenvalue weighted by atomic mass is 32.2. The lowest BCUT2D eigenvalue weighted by atomic mass is 10.0. The molecule has 0 aliphatic rings. The van der Waals surface area contributed by atoms with Crippen LogP contribution in [0.1, 0.15) is 32.6 Å². The Morgan fingerprint density at radius 2 is 1.52 bits per heavy atom.